The lowest BCUT2D eigenvalue weighted by molar-refractivity contribution is 0.171. The molecule has 1 fully saturated rings. The fraction of sp³-hybridized carbons (Fsp3) is 0.458. The number of piperidine rings is 1. The Hall–Kier alpha value is -2.62. The normalized spacial score (nSPS) is 20.3. The zero-order chi connectivity index (χ0) is 22.5. The average Bonchev–Trinajstić information content (AvgIpc) is 3.43. The molecule has 8 nitrogen and oxygen atoms in total. The highest BCUT2D eigenvalue weighted by Gasteiger charge is 2.29. The van der Waals surface area contributed by atoms with Gasteiger partial charge in [-0.05, 0) is 50.6 Å². The number of nitrogens with one attached hydrogen (secondary N) is 1. The summed E-state index contributed by atoms with van der Waals surface area (Å²) in [5, 5.41) is 4.65. The molecule has 6 rings (SSSR count). The molecule has 0 spiro atoms. The molecule has 1 atom stereocenters. The molecule has 6 heterocycles. The third-order valence-corrected chi connectivity index (χ3v) is 7.96. The zero-order valence-electron chi connectivity index (χ0n) is 18.6. The van der Waals surface area contributed by atoms with Crippen LogP contribution >= 0.6 is 11.8 Å². The second-order valence-electron chi connectivity index (χ2n) is 9.19. The van der Waals surface area contributed by atoms with Gasteiger partial charge in [0, 0.05) is 43.2 Å². The Morgan fingerprint density at radius 2 is 2.03 bits per heavy atom. The van der Waals surface area contributed by atoms with Crippen molar-refractivity contribution in [3.05, 3.63) is 62.4 Å². The van der Waals surface area contributed by atoms with Crippen LogP contribution in [0.2, 0.25) is 0 Å². The van der Waals surface area contributed by atoms with Crippen molar-refractivity contribution < 1.29 is 4.74 Å². The average molecular weight is 466 g/mol. The molecule has 0 radical (unpaired) electrons. The summed E-state index contributed by atoms with van der Waals surface area (Å²) in [6.07, 6.45) is 3.94. The maximum atomic E-state index is 12.7. The van der Waals surface area contributed by atoms with Crippen LogP contribution in [0.1, 0.15) is 30.1 Å². The number of nitrogens with zero attached hydrogens (tertiary/aromatic N) is 4. The van der Waals surface area contributed by atoms with Crippen molar-refractivity contribution in [1.82, 2.24) is 24.3 Å². The van der Waals surface area contributed by atoms with E-state index in [4.69, 9.17) is 4.74 Å². The van der Waals surface area contributed by atoms with Crippen LogP contribution < -0.4 is 21.2 Å². The van der Waals surface area contributed by atoms with Gasteiger partial charge in [-0.1, -0.05) is 11.8 Å². The first-order valence-electron chi connectivity index (χ1n) is 11.5. The molecule has 0 amide bonds. The first-order chi connectivity index (χ1) is 16.1. The largest absolute Gasteiger partial charge is 0.480 e. The van der Waals surface area contributed by atoms with Crippen molar-refractivity contribution in [2.45, 2.75) is 49.8 Å². The predicted molar refractivity (Wildman–Crippen MR) is 128 cm³/mol. The first kappa shape index (κ1) is 20.9. The van der Waals surface area contributed by atoms with Crippen molar-refractivity contribution in [2.24, 2.45) is 0 Å². The summed E-state index contributed by atoms with van der Waals surface area (Å²) in [5.41, 5.74) is 2.71. The highest BCUT2D eigenvalue weighted by molar-refractivity contribution is 7.99. The van der Waals surface area contributed by atoms with Crippen LogP contribution in [0.25, 0.3) is 11.0 Å². The number of aryl methyl sites for hydroxylation is 1. The molecular formula is C24H27N5O3S. The summed E-state index contributed by atoms with van der Waals surface area (Å²) in [6.45, 7) is 6.01. The van der Waals surface area contributed by atoms with E-state index in [9.17, 15) is 9.59 Å². The lowest BCUT2D eigenvalue weighted by atomic mass is 10.0. The summed E-state index contributed by atoms with van der Waals surface area (Å²) in [4.78, 5) is 33.4. The molecular weight excluding hydrogens is 438 g/mol. The molecule has 172 valence electrons. The molecule has 1 N–H and O–H groups in total. The van der Waals surface area contributed by atoms with E-state index in [1.165, 1.54) is 4.90 Å². The van der Waals surface area contributed by atoms with Gasteiger partial charge in [0.05, 0.1) is 22.8 Å². The van der Waals surface area contributed by atoms with Crippen LogP contribution in [0, 0.1) is 6.92 Å². The fourth-order valence-corrected chi connectivity index (χ4v) is 6.13. The van der Waals surface area contributed by atoms with E-state index in [2.05, 4.69) is 21.3 Å². The maximum absolute atomic E-state index is 12.7. The second kappa shape index (κ2) is 8.30. The van der Waals surface area contributed by atoms with Crippen molar-refractivity contribution >= 4 is 22.8 Å². The Bertz CT molecular complexity index is 1340. The molecule has 0 aliphatic carbocycles. The van der Waals surface area contributed by atoms with Crippen LogP contribution in [0.4, 0.5) is 0 Å². The minimum atomic E-state index is -0.0225. The molecule has 3 aliphatic rings. The van der Waals surface area contributed by atoms with Crippen molar-refractivity contribution in [3.8, 4) is 5.75 Å². The van der Waals surface area contributed by atoms with Gasteiger partial charge in [0.15, 0.2) is 5.75 Å². The van der Waals surface area contributed by atoms with Gasteiger partial charge in [-0.25, -0.2) is 0 Å². The summed E-state index contributed by atoms with van der Waals surface area (Å²) < 4.78 is 9.12. The number of fused-ring (bicyclic) bond motifs is 1. The molecule has 0 bridgehead atoms. The van der Waals surface area contributed by atoms with Crippen molar-refractivity contribution in [1.29, 1.82) is 0 Å². The maximum Gasteiger partial charge on any atom is 0.252 e. The number of rotatable bonds is 5. The molecule has 33 heavy (non-hydrogen) atoms. The van der Waals surface area contributed by atoms with Gasteiger partial charge in [0.1, 0.15) is 11.6 Å². The Labute approximate surface area is 195 Å². The van der Waals surface area contributed by atoms with E-state index in [1.807, 2.05) is 23.8 Å². The number of pyridine rings is 3. The van der Waals surface area contributed by atoms with Gasteiger partial charge < -0.3 is 15.0 Å². The van der Waals surface area contributed by atoms with E-state index < -0.39 is 0 Å². The molecule has 0 saturated carbocycles. The first-order valence-corrected chi connectivity index (χ1v) is 12.5. The quantitative estimate of drug-likeness (QED) is 0.618. The molecule has 3 aromatic heterocycles. The highest BCUT2D eigenvalue weighted by Crippen LogP contribution is 2.35. The van der Waals surface area contributed by atoms with Crippen LogP contribution in [0.3, 0.4) is 0 Å². The van der Waals surface area contributed by atoms with Gasteiger partial charge in [-0.15, -0.1) is 0 Å². The van der Waals surface area contributed by atoms with E-state index >= 15 is 0 Å². The number of ether oxygens (including phenoxy) is 1. The van der Waals surface area contributed by atoms with Gasteiger partial charge in [0.25, 0.3) is 11.1 Å². The molecule has 3 aromatic rings. The molecule has 9 heteroatoms. The summed E-state index contributed by atoms with van der Waals surface area (Å²) in [7, 11) is 0. The topological polar surface area (TPSA) is 81.4 Å². The number of hydrogen-bond acceptors (Lipinski definition) is 7. The summed E-state index contributed by atoms with van der Waals surface area (Å²) in [5.74, 6) is 1.56. The smallest absolute Gasteiger partial charge is 0.252 e. The number of aromatic nitrogens is 3. The molecule has 1 saturated heterocycles. The number of thioether (sulfide) groups is 1. The van der Waals surface area contributed by atoms with Crippen LogP contribution in [0.15, 0.2) is 44.9 Å². The van der Waals surface area contributed by atoms with Crippen LogP contribution in [0.5, 0.6) is 5.75 Å². The van der Waals surface area contributed by atoms with E-state index in [0.717, 1.165) is 67.1 Å². The van der Waals surface area contributed by atoms with Crippen molar-refractivity contribution in [3.63, 3.8) is 0 Å². The zero-order valence-corrected chi connectivity index (χ0v) is 19.4. The Balaban J connectivity index is 1.09. The van der Waals surface area contributed by atoms with Crippen molar-refractivity contribution in [2.75, 3.05) is 25.6 Å². The number of likely N-dealkylation sites (tertiary alicyclic amines) is 1. The third kappa shape index (κ3) is 3.78. The van der Waals surface area contributed by atoms with Crippen LogP contribution in [-0.4, -0.2) is 50.6 Å². The van der Waals surface area contributed by atoms with Gasteiger partial charge in [-0.2, -0.15) is 0 Å². The summed E-state index contributed by atoms with van der Waals surface area (Å²) >= 11 is 1.71. The SMILES string of the molecule is Cc1cc(=O)n2c3c1ccc(=O)n3[C@H](CN1CCC(NCc3cc4c(cn3)OCS4)CC1)C2. The van der Waals surface area contributed by atoms with Crippen LogP contribution in [-0.2, 0) is 13.1 Å². The fourth-order valence-electron chi connectivity index (χ4n) is 5.34. The Morgan fingerprint density at radius 1 is 1.18 bits per heavy atom. The standard InChI is InChI=1S/C24H27N5O3S/c1-15-8-23(31)28-13-18(29-22(30)3-2-19(15)24(28)29)12-27-6-4-16(5-7-27)25-10-17-9-21-20(11-26-17)32-14-33-21/h2-3,8-9,11,16,18,25H,4-7,10,12-14H2,1H3/t18-/m1/s1. The Morgan fingerprint density at radius 3 is 2.88 bits per heavy atom. The summed E-state index contributed by atoms with van der Waals surface area (Å²) in [6, 6.07) is 7.73. The Kier molecular flexibility index (Phi) is 5.27. The molecule has 0 unspecified atom stereocenters. The molecule has 3 aliphatic heterocycles. The minimum Gasteiger partial charge on any atom is -0.480 e. The van der Waals surface area contributed by atoms with Gasteiger partial charge >= 0.3 is 0 Å². The van der Waals surface area contributed by atoms with Gasteiger partial charge in [-0.3, -0.25) is 23.7 Å². The lowest BCUT2D eigenvalue weighted by Gasteiger charge is -2.34. The monoisotopic (exact) mass is 465 g/mol. The second-order valence-corrected chi connectivity index (χ2v) is 10.2. The highest BCUT2D eigenvalue weighted by atomic mass is 32.2. The van der Waals surface area contributed by atoms with E-state index in [-0.39, 0.29) is 17.2 Å². The van der Waals surface area contributed by atoms with Gasteiger partial charge in [0.2, 0.25) is 0 Å². The minimum absolute atomic E-state index is 0.00413. The van der Waals surface area contributed by atoms with E-state index in [1.54, 1.807) is 28.5 Å². The molecule has 0 aromatic carbocycles. The third-order valence-electron chi connectivity index (χ3n) is 7.09. The predicted octanol–water partition coefficient (Wildman–Crippen LogP) is 2.12. The number of hydrogen-bond donors (Lipinski definition) is 1. The lowest BCUT2D eigenvalue weighted by Crippen LogP contribution is -2.44. The van der Waals surface area contributed by atoms with E-state index in [0.29, 0.717) is 18.5 Å².